The molecule has 2 N–H and O–H groups in total. The summed E-state index contributed by atoms with van der Waals surface area (Å²) in [6.07, 6.45) is 1.08. The van der Waals surface area contributed by atoms with Gasteiger partial charge in [0.25, 0.3) is 0 Å². The third kappa shape index (κ3) is 5.37. The van der Waals surface area contributed by atoms with Crippen molar-refractivity contribution in [2.75, 3.05) is 17.7 Å². The zero-order valence-corrected chi connectivity index (χ0v) is 18.7. The van der Waals surface area contributed by atoms with Gasteiger partial charge in [0.15, 0.2) is 0 Å². The molecule has 0 radical (unpaired) electrons. The number of methoxy groups -OCH3 is 1. The highest BCUT2D eigenvalue weighted by Crippen LogP contribution is 2.26. The molecule has 0 bridgehead atoms. The standard InChI is InChI=1S/C26H24ClN3O2/c1-17-14-25(28-20-5-3-4-19(27)15-20)30-24-12-9-21(16-23(17)24)29-26(31)13-8-18-6-10-22(32-2)11-7-18/h3-7,9-12,14-16H,8,13H2,1-2H3,(H,28,30)(H,29,31). The third-order valence-corrected chi connectivity index (χ3v) is 5.43. The Labute approximate surface area is 192 Å². The maximum absolute atomic E-state index is 12.4. The maximum atomic E-state index is 12.4. The van der Waals surface area contributed by atoms with Crippen LogP contribution in [-0.4, -0.2) is 18.0 Å². The predicted octanol–water partition coefficient (Wildman–Crippen LogP) is 6.52. The van der Waals surface area contributed by atoms with Crippen LogP contribution < -0.4 is 15.4 Å². The van der Waals surface area contributed by atoms with Gasteiger partial charge in [0.1, 0.15) is 11.6 Å². The fourth-order valence-electron chi connectivity index (χ4n) is 3.52. The molecular formula is C26H24ClN3O2. The molecule has 0 spiro atoms. The molecule has 6 heteroatoms. The van der Waals surface area contributed by atoms with E-state index in [1.165, 1.54) is 0 Å². The zero-order chi connectivity index (χ0) is 22.5. The normalized spacial score (nSPS) is 10.7. The molecule has 0 saturated carbocycles. The number of rotatable bonds is 7. The predicted molar refractivity (Wildman–Crippen MR) is 131 cm³/mol. The SMILES string of the molecule is COc1ccc(CCC(=O)Nc2ccc3nc(Nc4cccc(Cl)c4)cc(C)c3c2)cc1. The van der Waals surface area contributed by atoms with E-state index < -0.39 is 0 Å². The van der Waals surface area contributed by atoms with Crippen molar-refractivity contribution in [1.82, 2.24) is 4.98 Å². The van der Waals surface area contributed by atoms with Crippen molar-refractivity contribution in [2.45, 2.75) is 19.8 Å². The number of hydrogen-bond donors (Lipinski definition) is 2. The first kappa shape index (κ1) is 21.7. The lowest BCUT2D eigenvalue weighted by Gasteiger charge is -2.11. The number of halogens is 1. The highest BCUT2D eigenvalue weighted by Gasteiger charge is 2.08. The van der Waals surface area contributed by atoms with Gasteiger partial charge in [-0.15, -0.1) is 0 Å². The lowest BCUT2D eigenvalue weighted by molar-refractivity contribution is -0.116. The van der Waals surface area contributed by atoms with Gasteiger partial charge < -0.3 is 15.4 Å². The average molecular weight is 446 g/mol. The fraction of sp³-hybridized carbons (Fsp3) is 0.154. The lowest BCUT2D eigenvalue weighted by atomic mass is 10.1. The maximum Gasteiger partial charge on any atom is 0.224 e. The number of aryl methyl sites for hydroxylation is 2. The van der Waals surface area contributed by atoms with E-state index in [4.69, 9.17) is 21.3 Å². The molecule has 0 unspecified atom stereocenters. The Morgan fingerprint density at radius 2 is 1.81 bits per heavy atom. The Morgan fingerprint density at radius 3 is 2.56 bits per heavy atom. The Kier molecular flexibility index (Phi) is 6.57. The van der Waals surface area contributed by atoms with Crippen molar-refractivity contribution in [3.63, 3.8) is 0 Å². The van der Waals surface area contributed by atoms with E-state index in [0.29, 0.717) is 17.9 Å². The molecule has 0 saturated heterocycles. The number of anilines is 3. The number of amides is 1. The van der Waals surface area contributed by atoms with Crippen molar-refractivity contribution >= 4 is 45.6 Å². The smallest absolute Gasteiger partial charge is 0.224 e. The van der Waals surface area contributed by atoms with Gasteiger partial charge in [0.05, 0.1) is 12.6 Å². The van der Waals surface area contributed by atoms with Crippen molar-refractivity contribution in [3.8, 4) is 5.75 Å². The Morgan fingerprint density at radius 1 is 1.00 bits per heavy atom. The summed E-state index contributed by atoms with van der Waals surface area (Å²) >= 11 is 6.07. The second-order valence-corrected chi connectivity index (χ2v) is 8.02. The highest BCUT2D eigenvalue weighted by molar-refractivity contribution is 6.30. The highest BCUT2D eigenvalue weighted by atomic mass is 35.5. The Balaban J connectivity index is 1.43. The van der Waals surface area contributed by atoms with Gasteiger partial charge in [-0.25, -0.2) is 4.98 Å². The minimum atomic E-state index is -0.0231. The molecule has 3 aromatic carbocycles. The first-order chi connectivity index (χ1) is 15.5. The molecule has 5 nitrogen and oxygen atoms in total. The molecule has 1 amide bonds. The van der Waals surface area contributed by atoms with Crippen LogP contribution in [-0.2, 0) is 11.2 Å². The number of ether oxygens (including phenoxy) is 1. The first-order valence-corrected chi connectivity index (χ1v) is 10.7. The minimum absolute atomic E-state index is 0.0231. The number of benzene rings is 3. The van der Waals surface area contributed by atoms with E-state index >= 15 is 0 Å². The van der Waals surface area contributed by atoms with Crippen molar-refractivity contribution < 1.29 is 9.53 Å². The summed E-state index contributed by atoms with van der Waals surface area (Å²) in [6, 6.07) is 23.0. The summed E-state index contributed by atoms with van der Waals surface area (Å²) < 4.78 is 5.17. The number of hydrogen-bond acceptors (Lipinski definition) is 4. The molecule has 1 heterocycles. The van der Waals surface area contributed by atoms with Crippen molar-refractivity contribution in [1.29, 1.82) is 0 Å². The van der Waals surface area contributed by atoms with Crippen LogP contribution >= 0.6 is 11.6 Å². The van der Waals surface area contributed by atoms with Gasteiger partial charge in [-0.3, -0.25) is 4.79 Å². The molecule has 0 aliphatic carbocycles. The molecule has 0 aliphatic heterocycles. The Bertz CT molecular complexity index is 1260. The van der Waals surface area contributed by atoms with Crippen LogP contribution in [0, 0.1) is 6.92 Å². The van der Waals surface area contributed by atoms with E-state index in [2.05, 4.69) is 10.6 Å². The fourth-order valence-corrected chi connectivity index (χ4v) is 3.71. The number of pyridine rings is 1. The van der Waals surface area contributed by atoms with E-state index in [-0.39, 0.29) is 5.91 Å². The molecule has 1 aromatic heterocycles. The van der Waals surface area contributed by atoms with E-state index in [0.717, 1.165) is 45.0 Å². The molecule has 0 atom stereocenters. The van der Waals surface area contributed by atoms with Crippen molar-refractivity contribution in [3.05, 3.63) is 88.9 Å². The van der Waals surface area contributed by atoms with Crippen LogP contribution in [0.4, 0.5) is 17.2 Å². The second-order valence-electron chi connectivity index (χ2n) is 7.59. The number of nitrogens with zero attached hydrogens (tertiary/aromatic N) is 1. The first-order valence-electron chi connectivity index (χ1n) is 10.4. The van der Waals surface area contributed by atoms with Crippen molar-refractivity contribution in [2.24, 2.45) is 0 Å². The van der Waals surface area contributed by atoms with Crippen LogP contribution in [0.25, 0.3) is 10.9 Å². The molecule has 4 aromatic rings. The topological polar surface area (TPSA) is 63.2 Å². The number of aromatic nitrogens is 1. The van der Waals surface area contributed by atoms with E-state index in [1.54, 1.807) is 7.11 Å². The molecule has 4 rings (SSSR count). The van der Waals surface area contributed by atoms with E-state index in [9.17, 15) is 4.79 Å². The molecule has 0 aliphatic rings. The van der Waals surface area contributed by atoms with Crippen LogP contribution in [0.2, 0.25) is 5.02 Å². The summed E-state index contributed by atoms with van der Waals surface area (Å²) in [4.78, 5) is 17.1. The van der Waals surface area contributed by atoms with Gasteiger partial charge >= 0.3 is 0 Å². The monoisotopic (exact) mass is 445 g/mol. The largest absolute Gasteiger partial charge is 0.497 e. The number of carbonyl (C=O) groups is 1. The Hall–Kier alpha value is -3.57. The number of carbonyl (C=O) groups excluding carboxylic acids is 1. The van der Waals surface area contributed by atoms with Gasteiger partial charge in [0.2, 0.25) is 5.91 Å². The quantitative estimate of drug-likeness (QED) is 0.340. The average Bonchev–Trinajstić information content (AvgIpc) is 2.78. The van der Waals surface area contributed by atoms with Gasteiger partial charge in [-0.1, -0.05) is 29.8 Å². The van der Waals surface area contributed by atoms with Gasteiger partial charge in [0, 0.05) is 28.2 Å². The molecule has 32 heavy (non-hydrogen) atoms. The molecule has 0 fully saturated rings. The summed E-state index contributed by atoms with van der Waals surface area (Å²) in [5.74, 6) is 1.53. The van der Waals surface area contributed by atoms with Gasteiger partial charge in [-0.05, 0) is 79.1 Å². The number of nitrogens with one attached hydrogen (secondary N) is 2. The van der Waals surface area contributed by atoms with Crippen LogP contribution in [0.3, 0.4) is 0 Å². The third-order valence-electron chi connectivity index (χ3n) is 5.20. The zero-order valence-electron chi connectivity index (χ0n) is 18.0. The minimum Gasteiger partial charge on any atom is -0.497 e. The lowest BCUT2D eigenvalue weighted by Crippen LogP contribution is -2.12. The van der Waals surface area contributed by atoms with Gasteiger partial charge in [-0.2, -0.15) is 0 Å². The van der Waals surface area contributed by atoms with Crippen LogP contribution in [0.5, 0.6) is 5.75 Å². The molecular weight excluding hydrogens is 422 g/mol. The van der Waals surface area contributed by atoms with Crippen LogP contribution in [0.15, 0.2) is 72.8 Å². The summed E-state index contributed by atoms with van der Waals surface area (Å²) in [7, 11) is 1.64. The van der Waals surface area contributed by atoms with E-state index in [1.807, 2.05) is 79.7 Å². The summed E-state index contributed by atoms with van der Waals surface area (Å²) in [5.41, 5.74) is 4.65. The summed E-state index contributed by atoms with van der Waals surface area (Å²) in [6.45, 7) is 2.03. The van der Waals surface area contributed by atoms with Crippen LogP contribution in [0.1, 0.15) is 17.5 Å². The summed E-state index contributed by atoms with van der Waals surface area (Å²) in [5, 5.41) is 7.95. The number of fused-ring (bicyclic) bond motifs is 1. The molecule has 162 valence electrons. The second kappa shape index (κ2) is 9.71.